The second-order valence-electron chi connectivity index (χ2n) is 5.97. The van der Waals surface area contributed by atoms with Crippen LogP contribution in [-0.2, 0) is 4.79 Å². The number of thioether (sulfide) groups is 1. The average Bonchev–Trinajstić information content (AvgIpc) is 2.97. The Bertz CT molecular complexity index is 954. The van der Waals surface area contributed by atoms with Crippen LogP contribution in [-0.4, -0.2) is 26.4 Å². The van der Waals surface area contributed by atoms with E-state index in [4.69, 9.17) is 11.6 Å². The predicted molar refractivity (Wildman–Crippen MR) is 106 cm³/mol. The summed E-state index contributed by atoms with van der Waals surface area (Å²) in [6.45, 7) is 5.89. The molecule has 2 aromatic carbocycles. The molecule has 0 atom stereocenters. The highest BCUT2D eigenvalue weighted by Gasteiger charge is 2.15. The number of aryl methyl sites for hydroxylation is 3. The number of anilines is 1. The lowest BCUT2D eigenvalue weighted by Crippen LogP contribution is -2.15. The second-order valence-corrected chi connectivity index (χ2v) is 7.32. The van der Waals surface area contributed by atoms with Crippen LogP contribution in [0, 0.1) is 20.8 Å². The van der Waals surface area contributed by atoms with Crippen molar-refractivity contribution in [2.75, 3.05) is 11.1 Å². The Morgan fingerprint density at radius 1 is 1.15 bits per heavy atom. The lowest BCUT2D eigenvalue weighted by Gasteiger charge is -2.11. The highest BCUT2D eigenvalue weighted by atomic mass is 35.5. The Morgan fingerprint density at radius 2 is 1.92 bits per heavy atom. The molecule has 0 radical (unpaired) electrons. The molecule has 134 valence electrons. The summed E-state index contributed by atoms with van der Waals surface area (Å²) in [7, 11) is 0. The zero-order valence-electron chi connectivity index (χ0n) is 14.8. The van der Waals surface area contributed by atoms with E-state index < -0.39 is 0 Å². The van der Waals surface area contributed by atoms with Crippen molar-refractivity contribution in [3.8, 4) is 5.69 Å². The van der Waals surface area contributed by atoms with Crippen LogP contribution >= 0.6 is 23.4 Å². The first-order chi connectivity index (χ1) is 12.5. The van der Waals surface area contributed by atoms with Crippen molar-refractivity contribution in [3.05, 3.63) is 64.4 Å². The normalized spacial score (nSPS) is 10.8. The van der Waals surface area contributed by atoms with Crippen molar-refractivity contribution in [2.24, 2.45) is 0 Å². The Balaban J connectivity index is 1.73. The van der Waals surface area contributed by atoms with E-state index >= 15 is 0 Å². The van der Waals surface area contributed by atoms with Crippen LogP contribution in [0.5, 0.6) is 0 Å². The Kier molecular flexibility index (Phi) is 5.64. The molecule has 1 N–H and O–H groups in total. The van der Waals surface area contributed by atoms with Crippen LogP contribution in [0.4, 0.5) is 5.69 Å². The number of hydrogen-bond donors (Lipinski definition) is 1. The molecule has 7 heteroatoms. The molecule has 1 aromatic heterocycles. The molecule has 0 aliphatic heterocycles. The maximum absolute atomic E-state index is 12.3. The van der Waals surface area contributed by atoms with Crippen molar-refractivity contribution >= 4 is 35.0 Å². The van der Waals surface area contributed by atoms with Gasteiger partial charge in [-0.3, -0.25) is 9.36 Å². The van der Waals surface area contributed by atoms with Crippen LogP contribution in [0.1, 0.15) is 17.0 Å². The van der Waals surface area contributed by atoms with Crippen molar-refractivity contribution < 1.29 is 4.79 Å². The number of halogens is 1. The summed E-state index contributed by atoms with van der Waals surface area (Å²) in [5.74, 6) is 0.857. The van der Waals surface area contributed by atoms with E-state index in [2.05, 4.69) is 15.5 Å². The molecular weight excluding hydrogens is 368 g/mol. The number of nitrogens with one attached hydrogen (secondary N) is 1. The highest BCUT2D eigenvalue weighted by Crippen LogP contribution is 2.25. The third-order valence-corrected chi connectivity index (χ3v) is 5.12. The summed E-state index contributed by atoms with van der Waals surface area (Å²) in [5.41, 5.74) is 3.79. The summed E-state index contributed by atoms with van der Waals surface area (Å²) in [5, 5.41) is 12.4. The van der Waals surface area contributed by atoms with E-state index in [0.29, 0.717) is 15.9 Å². The first-order valence-electron chi connectivity index (χ1n) is 8.12. The number of hydrogen-bond acceptors (Lipinski definition) is 4. The smallest absolute Gasteiger partial charge is 0.234 e. The lowest BCUT2D eigenvalue weighted by atomic mass is 10.2. The summed E-state index contributed by atoms with van der Waals surface area (Å²) in [6, 6.07) is 13.6. The van der Waals surface area contributed by atoms with Gasteiger partial charge in [-0.25, -0.2) is 0 Å². The first kappa shape index (κ1) is 18.5. The van der Waals surface area contributed by atoms with Crippen LogP contribution in [0.2, 0.25) is 5.02 Å². The van der Waals surface area contributed by atoms with Crippen LogP contribution in [0.3, 0.4) is 0 Å². The van der Waals surface area contributed by atoms with Gasteiger partial charge in [-0.2, -0.15) is 0 Å². The molecule has 0 unspecified atom stereocenters. The minimum Gasteiger partial charge on any atom is -0.324 e. The highest BCUT2D eigenvalue weighted by molar-refractivity contribution is 7.99. The number of amides is 1. The van der Waals surface area contributed by atoms with Crippen molar-refractivity contribution in [3.63, 3.8) is 0 Å². The molecule has 0 aliphatic rings. The molecule has 0 saturated heterocycles. The zero-order chi connectivity index (χ0) is 18.7. The van der Waals surface area contributed by atoms with Gasteiger partial charge in [0, 0.05) is 0 Å². The summed E-state index contributed by atoms with van der Waals surface area (Å²) in [6.07, 6.45) is 0. The number of para-hydroxylation sites is 1. The third-order valence-electron chi connectivity index (χ3n) is 3.88. The van der Waals surface area contributed by atoms with E-state index in [1.54, 1.807) is 6.07 Å². The van der Waals surface area contributed by atoms with Crippen LogP contribution < -0.4 is 5.32 Å². The molecule has 3 rings (SSSR count). The molecule has 1 heterocycles. The Labute approximate surface area is 161 Å². The lowest BCUT2D eigenvalue weighted by molar-refractivity contribution is -0.113. The molecule has 0 fully saturated rings. The maximum Gasteiger partial charge on any atom is 0.234 e. The third kappa shape index (κ3) is 4.08. The Hall–Kier alpha value is -2.31. The van der Waals surface area contributed by atoms with Gasteiger partial charge in [-0.15, -0.1) is 10.2 Å². The average molecular weight is 387 g/mol. The fourth-order valence-electron chi connectivity index (χ4n) is 2.57. The van der Waals surface area contributed by atoms with Gasteiger partial charge >= 0.3 is 0 Å². The predicted octanol–water partition coefficient (Wildman–Crippen LogP) is 4.58. The van der Waals surface area contributed by atoms with Gasteiger partial charge in [-0.05, 0) is 50.1 Å². The van der Waals surface area contributed by atoms with Gasteiger partial charge in [0.05, 0.1) is 22.2 Å². The van der Waals surface area contributed by atoms with E-state index in [1.807, 2.05) is 61.7 Å². The van der Waals surface area contributed by atoms with Crippen LogP contribution in [0.25, 0.3) is 5.69 Å². The number of carbonyl (C=O) groups excluding carboxylic acids is 1. The van der Waals surface area contributed by atoms with Crippen molar-refractivity contribution in [1.29, 1.82) is 0 Å². The topological polar surface area (TPSA) is 59.8 Å². The zero-order valence-corrected chi connectivity index (χ0v) is 16.4. The summed E-state index contributed by atoms with van der Waals surface area (Å²) >= 11 is 7.51. The van der Waals surface area contributed by atoms with E-state index in [1.165, 1.54) is 11.8 Å². The van der Waals surface area contributed by atoms with E-state index in [9.17, 15) is 4.79 Å². The SMILES string of the molecule is Cc1ccc(NC(=O)CSc2nnc(C)n2-c2ccccc2C)c(Cl)c1. The Morgan fingerprint density at radius 3 is 2.65 bits per heavy atom. The maximum atomic E-state index is 12.3. The number of benzene rings is 2. The molecule has 0 spiro atoms. The minimum atomic E-state index is -0.141. The fourth-order valence-corrected chi connectivity index (χ4v) is 3.64. The van der Waals surface area contributed by atoms with Gasteiger partial charge in [0.2, 0.25) is 5.91 Å². The molecular formula is C19H19ClN4OS. The van der Waals surface area contributed by atoms with Gasteiger partial charge in [0.15, 0.2) is 5.16 Å². The largest absolute Gasteiger partial charge is 0.324 e. The van der Waals surface area contributed by atoms with Gasteiger partial charge < -0.3 is 5.32 Å². The standard InChI is InChI=1S/C19H19ClN4OS/c1-12-8-9-16(15(20)10-12)21-18(25)11-26-19-23-22-14(3)24(19)17-7-5-4-6-13(17)2/h4-10H,11H2,1-3H3,(H,21,25). The molecule has 0 bridgehead atoms. The summed E-state index contributed by atoms with van der Waals surface area (Å²) < 4.78 is 1.96. The minimum absolute atomic E-state index is 0.141. The number of carbonyl (C=O) groups is 1. The molecule has 1 amide bonds. The number of nitrogens with zero attached hydrogens (tertiary/aromatic N) is 3. The van der Waals surface area contributed by atoms with E-state index in [0.717, 1.165) is 22.6 Å². The van der Waals surface area contributed by atoms with Gasteiger partial charge in [-0.1, -0.05) is 47.6 Å². The quantitative estimate of drug-likeness (QED) is 0.652. The second kappa shape index (κ2) is 7.93. The summed E-state index contributed by atoms with van der Waals surface area (Å²) in [4.78, 5) is 12.3. The number of aromatic nitrogens is 3. The van der Waals surface area contributed by atoms with Gasteiger partial charge in [0.25, 0.3) is 0 Å². The number of rotatable bonds is 5. The molecule has 26 heavy (non-hydrogen) atoms. The van der Waals surface area contributed by atoms with Gasteiger partial charge in [0.1, 0.15) is 5.82 Å². The van der Waals surface area contributed by atoms with Crippen LogP contribution in [0.15, 0.2) is 47.6 Å². The molecule has 5 nitrogen and oxygen atoms in total. The monoisotopic (exact) mass is 386 g/mol. The first-order valence-corrected chi connectivity index (χ1v) is 9.49. The fraction of sp³-hybridized carbons (Fsp3) is 0.211. The van der Waals surface area contributed by atoms with E-state index in [-0.39, 0.29) is 11.7 Å². The molecule has 0 saturated carbocycles. The van der Waals surface area contributed by atoms with Crippen molar-refractivity contribution in [2.45, 2.75) is 25.9 Å². The molecule has 0 aliphatic carbocycles. The molecule has 3 aromatic rings. The van der Waals surface area contributed by atoms with Crippen molar-refractivity contribution in [1.82, 2.24) is 14.8 Å².